The number of nitrogens with zero attached hydrogens (tertiary/aromatic N) is 1. The minimum atomic E-state index is -4.42. The van der Waals surface area contributed by atoms with Crippen LogP contribution in [0.2, 0.25) is 5.15 Å². The number of rotatable bonds is 7. The highest BCUT2D eigenvalue weighted by Crippen LogP contribution is 2.46. The third-order valence-corrected chi connectivity index (χ3v) is 5.12. The molecule has 0 saturated heterocycles. The molecule has 10 heteroatoms. The number of hydrogen-bond donors (Lipinski definition) is 2. The van der Waals surface area contributed by atoms with Gasteiger partial charge in [0.2, 0.25) is 5.91 Å². The Kier molecular flexibility index (Phi) is 6.21. The number of nitrogens with one attached hydrogen (secondary N) is 2. The molecule has 1 heterocycles. The first-order valence-electron chi connectivity index (χ1n) is 9.22. The SMILES string of the molecule is CC(CC(=O)NC1(c2cc(Cl)nc(NCC(F)(F)F)c2)CC1)c1ccc(F)cc1F. The average molecular weight is 448 g/mol. The monoisotopic (exact) mass is 447 g/mol. The number of pyridine rings is 1. The fraction of sp³-hybridized carbons (Fsp3) is 0.400. The summed E-state index contributed by atoms with van der Waals surface area (Å²) in [4.78, 5) is 16.4. The zero-order valence-electron chi connectivity index (χ0n) is 15.9. The topological polar surface area (TPSA) is 54.0 Å². The summed E-state index contributed by atoms with van der Waals surface area (Å²) < 4.78 is 64.3. The van der Waals surface area contributed by atoms with Crippen LogP contribution in [0.3, 0.4) is 0 Å². The van der Waals surface area contributed by atoms with Gasteiger partial charge in [0, 0.05) is 12.5 Å². The molecule has 0 aliphatic heterocycles. The van der Waals surface area contributed by atoms with Crippen LogP contribution in [0.5, 0.6) is 0 Å². The Bertz CT molecular complexity index is 947. The normalized spacial score (nSPS) is 16.1. The molecule has 0 spiro atoms. The second kappa shape index (κ2) is 8.37. The Labute approximate surface area is 174 Å². The molecule has 1 unspecified atom stereocenters. The molecule has 30 heavy (non-hydrogen) atoms. The van der Waals surface area contributed by atoms with Crippen LogP contribution < -0.4 is 10.6 Å². The van der Waals surface area contributed by atoms with Gasteiger partial charge < -0.3 is 10.6 Å². The van der Waals surface area contributed by atoms with E-state index < -0.39 is 35.8 Å². The lowest BCUT2D eigenvalue weighted by Crippen LogP contribution is -2.35. The van der Waals surface area contributed by atoms with Gasteiger partial charge in [-0.2, -0.15) is 13.2 Å². The summed E-state index contributed by atoms with van der Waals surface area (Å²) in [6.07, 6.45) is -3.29. The molecular formula is C20H19ClF5N3O. The van der Waals surface area contributed by atoms with Gasteiger partial charge >= 0.3 is 6.18 Å². The van der Waals surface area contributed by atoms with Crippen LogP contribution in [-0.2, 0) is 10.3 Å². The maximum absolute atomic E-state index is 13.9. The van der Waals surface area contributed by atoms with E-state index in [0.717, 1.165) is 12.1 Å². The molecule has 2 N–H and O–H groups in total. The Hall–Kier alpha value is -2.42. The van der Waals surface area contributed by atoms with Gasteiger partial charge in [0.15, 0.2) is 0 Å². The van der Waals surface area contributed by atoms with E-state index in [1.165, 1.54) is 18.2 Å². The van der Waals surface area contributed by atoms with Crippen LogP contribution in [-0.4, -0.2) is 23.6 Å². The van der Waals surface area contributed by atoms with Crippen LogP contribution in [0.4, 0.5) is 27.8 Å². The molecule has 3 rings (SSSR count). The maximum Gasteiger partial charge on any atom is 0.405 e. The number of amides is 1. The van der Waals surface area contributed by atoms with Crippen molar-refractivity contribution in [1.82, 2.24) is 10.3 Å². The minimum absolute atomic E-state index is 0.000509. The van der Waals surface area contributed by atoms with E-state index in [0.29, 0.717) is 18.4 Å². The number of carbonyl (C=O) groups excluding carboxylic acids is 1. The van der Waals surface area contributed by atoms with Crippen LogP contribution in [0.15, 0.2) is 30.3 Å². The zero-order chi connectivity index (χ0) is 22.1. The van der Waals surface area contributed by atoms with Crippen LogP contribution in [0, 0.1) is 11.6 Å². The zero-order valence-corrected chi connectivity index (χ0v) is 16.7. The standard InChI is InChI=1S/C20H19ClF5N3O/c1-11(14-3-2-13(22)9-15(14)23)6-18(30)29-19(4-5-19)12-7-16(21)28-17(8-12)27-10-20(24,25)26/h2-3,7-9,11H,4-6,10H2,1H3,(H,27,28)(H,29,30). The largest absolute Gasteiger partial charge is 0.405 e. The van der Waals surface area contributed by atoms with Crippen LogP contribution in [0.1, 0.15) is 43.2 Å². The van der Waals surface area contributed by atoms with Gasteiger partial charge in [-0.05, 0) is 48.1 Å². The summed E-state index contributed by atoms with van der Waals surface area (Å²) in [6, 6.07) is 6.12. The molecule has 1 aromatic heterocycles. The highest BCUT2D eigenvalue weighted by atomic mass is 35.5. The molecule has 0 radical (unpaired) electrons. The average Bonchev–Trinajstić information content (AvgIpc) is 3.39. The number of alkyl halides is 3. The number of carbonyl (C=O) groups is 1. The second-order valence-corrected chi connectivity index (χ2v) is 7.82. The second-order valence-electron chi connectivity index (χ2n) is 7.43. The highest BCUT2D eigenvalue weighted by molar-refractivity contribution is 6.29. The minimum Gasteiger partial charge on any atom is -0.361 e. The molecular weight excluding hydrogens is 429 g/mol. The van der Waals surface area contributed by atoms with Gasteiger partial charge in [0.1, 0.15) is 29.2 Å². The number of hydrogen-bond acceptors (Lipinski definition) is 3. The van der Waals surface area contributed by atoms with Gasteiger partial charge in [0.25, 0.3) is 0 Å². The van der Waals surface area contributed by atoms with E-state index in [9.17, 15) is 26.7 Å². The van der Waals surface area contributed by atoms with Crippen molar-refractivity contribution < 1.29 is 26.7 Å². The number of halogens is 6. The predicted octanol–water partition coefficient (Wildman–Crippen LogP) is 5.29. The van der Waals surface area contributed by atoms with E-state index in [2.05, 4.69) is 15.6 Å². The van der Waals surface area contributed by atoms with Crippen LogP contribution in [0.25, 0.3) is 0 Å². The summed E-state index contributed by atoms with van der Waals surface area (Å²) in [5.74, 6) is -2.32. The fourth-order valence-corrected chi connectivity index (χ4v) is 3.48. The van der Waals surface area contributed by atoms with E-state index in [-0.39, 0.29) is 28.9 Å². The summed E-state index contributed by atoms with van der Waals surface area (Å²) in [6.45, 7) is 0.387. The molecule has 1 amide bonds. The van der Waals surface area contributed by atoms with Crippen molar-refractivity contribution in [2.45, 2.75) is 43.8 Å². The number of benzene rings is 1. The lowest BCUT2D eigenvalue weighted by Gasteiger charge is -2.21. The molecule has 162 valence electrons. The predicted molar refractivity (Wildman–Crippen MR) is 102 cm³/mol. The van der Waals surface area contributed by atoms with Crippen LogP contribution >= 0.6 is 11.6 Å². The third-order valence-electron chi connectivity index (χ3n) is 4.93. The molecule has 1 aliphatic carbocycles. The summed E-state index contributed by atoms with van der Waals surface area (Å²) in [5, 5.41) is 5.05. The summed E-state index contributed by atoms with van der Waals surface area (Å²) in [5.41, 5.74) is 0.0162. The van der Waals surface area contributed by atoms with Gasteiger partial charge in [-0.15, -0.1) is 0 Å². The first-order valence-corrected chi connectivity index (χ1v) is 9.60. The van der Waals surface area contributed by atoms with Crippen molar-refractivity contribution in [3.8, 4) is 0 Å². The maximum atomic E-state index is 13.9. The Balaban J connectivity index is 1.69. The first kappa shape index (κ1) is 22.3. The molecule has 0 bridgehead atoms. The van der Waals surface area contributed by atoms with E-state index >= 15 is 0 Å². The van der Waals surface area contributed by atoms with E-state index in [4.69, 9.17) is 11.6 Å². The van der Waals surface area contributed by atoms with Crippen molar-refractivity contribution in [2.75, 3.05) is 11.9 Å². The first-order chi connectivity index (χ1) is 14.0. The number of anilines is 1. The highest BCUT2D eigenvalue weighted by Gasteiger charge is 2.46. The van der Waals surface area contributed by atoms with E-state index in [1.54, 1.807) is 6.92 Å². The number of aromatic nitrogens is 1. The summed E-state index contributed by atoms with van der Waals surface area (Å²) in [7, 11) is 0. The quantitative estimate of drug-likeness (QED) is 0.448. The molecule has 1 atom stereocenters. The summed E-state index contributed by atoms with van der Waals surface area (Å²) >= 11 is 5.95. The molecule has 1 aliphatic rings. The van der Waals surface area contributed by atoms with Crippen molar-refractivity contribution in [1.29, 1.82) is 0 Å². The fourth-order valence-electron chi connectivity index (χ4n) is 3.27. The lowest BCUT2D eigenvalue weighted by molar-refractivity contribution is -0.122. The molecule has 1 saturated carbocycles. The van der Waals surface area contributed by atoms with Crippen molar-refractivity contribution in [3.05, 3.63) is 58.2 Å². The molecule has 2 aromatic rings. The van der Waals surface area contributed by atoms with Crippen molar-refractivity contribution in [3.63, 3.8) is 0 Å². The van der Waals surface area contributed by atoms with Crippen molar-refractivity contribution >= 4 is 23.3 Å². The van der Waals surface area contributed by atoms with Gasteiger partial charge in [-0.3, -0.25) is 4.79 Å². The van der Waals surface area contributed by atoms with Gasteiger partial charge in [-0.1, -0.05) is 24.6 Å². The Morgan fingerprint density at radius 3 is 2.53 bits per heavy atom. The van der Waals surface area contributed by atoms with Gasteiger partial charge in [-0.25, -0.2) is 13.8 Å². The Morgan fingerprint density at radius 1 is 1.23 bits per heavy atom. The molecule has 4 nitrogen and oxygen atoms in total. The lowest BCUT2D eigenvalue weighted by atomic mass is 9.96. The Morgan fingerprint density at radius 2 is 1.93 bits per heavy atom. The van der Waals surface area contributed by atoms with E-state index in [1.807, 2.05) is 0 Å². The third kappa shape index (κ3) is 5.59. The smallest absolute Gasteiger partial charge is 0.361 e. The molecule has 1 aromatic carbocycles. The molecule has 1 fully saturated rings. The van der Waals surface area contributed by atoms with Crippen molar-refractivity contribution in [2.24, 2.45) is 0 Å². The van der Waals surface area contributed by atoms with Gasteiger partial charge in [0.05, 0.1) is 5.54 Å².